The number of aromatic carboxylic acids is 1. The average Bonchev–Trinajstić information content (AvgIpc) is 2.95. The maximum absolute atomic E-state index is 12.1. The number of hydrogen-bond donors (Lipinski definition) is 5. The standard InChI is InChI=1S/C18H19N3O4/c1-2-12-15(21-17(23)14(16(12)22)18(24)25)10-4-3-9-7-11(5-6-19)20-13(9)8-10/h3-4,7-8,20H,2,5-6,19H2,1H3,(H,24,25)(H2,21,22,23). The van der Waals surface area contributed by atoms with Gasteiger partial charge in [-0.3, -0.25) is 4.79 Å². The van der Waals surface area contributed by atoms with Crippen molar-refractivity contribution in [1.29, 1.82) is 0 Å². The van der Waals surface area contributed by atoms with E-state index < -0.39 is 22.8 Å². The Bertz CT molecular complexity index is 1020. The van der Waals surface area contributed by atoms with Crippen LogP contribution in [-0.4, -0.2) is 32.7 Å². The second kappa shape index (κ2) is 6.45. The third-order valence-electron chi connectivity index (χ3n) is 4.24. The number of nitrogens with two attached hydrogens (primary N) is 1. The normalized spacial score (nSPS) is 11.1. The summed E-state index contributed by atoms with van der Waals surface area (Å²) in [6.07, 6.45) is 1.11. The van der Waals surface area contributed by atoms with Crippen LogP contribution in [0.15, 0.2) is 29.1 Å². The van der Waals surface area contributed by atoms with E-state index >= 15 is 0 Å². The first-order chi connectivity index (χ1) is 12.0. The lowest BCUT2D eigenvalue weighted by molar-refractivity contribution is 0.0691. The first-order valence-corrected chi connectivity index (χ1v) is 7.99. The van der Waals surface area contributed by atoms with E-state index in [0.29, 0.717) is 29.8 Å². The van der Waals surface area contributed by atoms with Crippen molar-refractivity contribution in [2.45, 2.75) is 19.8 Å². The van der Waals surface area contributed by atoms with Gasteiger partial charge in [-0.1, -0.05) is 19.1 Å². The molecule has 0 aliphatic carbocycles. The largest absolute Gasteiger partial charge is 0.506 e. The molecule has 0 fully saturated rings. The molecule has 0 radical (unpaired) electrons. The van der Waals surface area contributed by atoms with Crippen molar-refractivity contribution in [1.82, 2.24) is 9.97 Å². The molecule has 0 aliphatic rings. The third-order valence-corrected chi connectivity index (χ3v) is 4.24. The summed E-state index contributed by atoms with van der Waals surface area (Å²) < 4.78 is 0. The van der Waals surface area contributed by atoms with Crippen LogP contribution in [0.4, 0.5) is 0 Å². The molecule has 25 heavy (non-hydrogen) atoms. The number of fused-ring (bicyclic) bond motifs is 1. The molecule has 0 unspecified atom stereocenters. The van der Waals surface area contributed by atoms with Crippen LogP contribution in [0.3, 0.4) is 0 Å². The number of aromatic amines is 2. The van der Waals surface area contributed by atoms with Gasteiger partial charge in [0.1, 0.15) is 5.75 Å². The average molecular weight is 341 g/mol. The lowest BCUT2D eigenvalue weighted by Crippen LogP contribution is -2.20. The summed E-state index contributed by atoms with van der Waals surface area (Å²) in [7, 11) is 0. The molecule has 0 amide bonds. The zero-order chi connectivity index (χ0) is 18.1. The monoisotopic (exact) mass is 341 g/mol. The van der Waals surface area contributed by atoms with Crippen LogP contribution in [0.2, 0.25) is 0 Å². The summed E-state index contributed by atoms with van der Waals surface area (Å²) >= 11 is 0. The van der Waals surface area contributed by atoms with Crippen molar-refractivity contribution in [3.8, 4) is 17.0 Å². The number of carboxylic acids is 1. The van der Waals surface area contributed by atoms with Crippen LogP contribution in [0.1, 0.15) is 28.5 Å². The molecule has 6 N–H and O–H groups in total. The van der Waals surface area contributed by atoms with E-state index in [9.17, 15) is 14.7 Å². The van der Waals surface area contributed by atoms with E-state index in [1.807, 2.05) is 24.3 Å². The minimum Gasteiger partial charge on any atom is -0.506 e. The molecule has 0 spiro atoms. The maximum atomic E-state index is 12.1. The van der Waals surface area contributed by atoms with Crippen molar-refractivity contribution in [2.24, 2.45) is 5.73 Å². The Morgan fingerprint density at radius 2 is 2.00 bits per heavy atom. The summed E-state index contributed by atoms with van der Waals surface area (Å²) in [5.41, 5.74) is 7.52. The van der Waals surface area contributed by atoms with E-state index in [4.69, 9.17) is 10.8 Å². The van der Waals surface area contributed by atoms with Crippen molar-refractivity contribution < 1.29 is 15.0 Å². The fourth-order valence-electron chi connectivity index (χ4n) is 3.05. The van der Waals surface area contributed by atoms with Gasteiger partial charge in [0.15, 0.2) is 5.56 Å². The number of benzene rings is 1. The molecule has 130 valence electrons. The van der Waals surface area contributed by atoms with E-state index in [1.165, 1.54) is 0 Å². The van der Waals surface area contributed by atoms with Crippen molar-refractivity contribution in [3.63, 3.8) is 0 Å². The van der Waals surface area contributed by atoms with Crippen LogP contribution in [-0.2, 0) is 12.8 Å². The molecule has 7 heteroatoms. The predicted octanol–water partition coefficient (Wildman–Crippen LogP) is 1.99. The highest BCUT2D eigenvalue weighted by Gasteiger charge is 2.22. The number of hydrogen-bond acceptors (Lipinski definition) is 4. The second-order valence-electron chi connectivity index (χ2n) is 5.83. The smallest absolute Gasteiger partial charge is 0.345 e. The van der Waals surface area contributed by atoms with Gasteiger partial charge in [-0.25, -0.2) is 4.79 Å². The maximum Gasteiger partial charge on any atom is 0.345 e. The van der Waals surface area contributed by atoms with Gasteiger partial charge in [-0.2, -0.15) is 0 Å². The number of H-pyrrole nitrogens is 2. The number of aromatic nitrogens is 2. The predicted molar refractivity (Wildman–Crippen MR) is 95.1 cm³/mol. The highest BCUT2D eigenvalue weighted by atomic mass is 16.4. The molecule has 0 atom stereocenters. The van der Waals surface area contributed by atoms with E-state index in [2.05, 4.69) is 9.97 Å². The molecule has 2 aromatic heterocycles. The van der Waals surface area contributed by atoms with Crippen LogP contribution >= 0.6 is 0 Å². The molecule has 3 rings (SSSR count). The number of carbonyl (C=O) groups is 1. The summed E-state index contributed by atoms with van der Waals surface area (Å²) in [6.45, 7) is 2.33. The third kappa shape index (κ3) is 2.89. The number of pyridine rings is 1. The quantitative estimate of drug-likeness (QED) is 0.484. The number of rotatable bonds is 5. The number of carboxylic acid groups (broad SMARTS) is 1. The molecule has 2 heterocycles. The summed E-state index contributed by atoms with van der Waals surface area (Å²) in [5.74, 6) is -1.93. The Hall–Kier alpha value is -3.06. The topological polar surface area (TPSA) is 132 Å². The molecule has 0 saturated heterocycles. The highest BCUT2D eigenvalue weighted by Crippen LogP contribution is 2.31. The summed E-state index contributed by atoms with van der Waals surface area (Å²) in [6, 6.07) is 7.61. The molecule has 1 aromatic carbocycles. The van der Waals surface area contributed by atoms with Gasteiger partial charge in [0.25, 0.3) is 5.56 Å². The molecule has 3 aromatic rings. The van der Waals surface area contributed by atoms with Gasteiger partial charge in [0.05, 0.1) is 5.69 Å². The number of aromatic hydroxyl groups is 1. The summed E-state index contributed by atoms with van der Waals surface area (Å²) in [4.78, 5) is 29.2. The van der Waals surface area contributed by atoms with Crippen LogP contribution in [0, 0.1) is 0 Å². The SMILES string of the molecule is CCc1c(-c2ccc3cc(CCN)[nH]c3c2)[nH]c(=O)c(C(=O)O)c1O. The molecular weight excluding hydrogens is 322 g/mol. The van der Waals surface area contributed by atoms with E-state index in [1.54, 1.807) is 6.92 Å². The van der Waals surface area contributed by atoms with Gasteiger partial charge < -0.3 is 25.9 Å². The zero-order valence-corrected chi connectivity index (χ0v) is 13.7. The van der Waals surface area contributed by atoms with Gasteiger partial charge >= 0.3 is 5.97 Å². The van der Waals surface area contributed by atoms with Gasteiger partial charge in [0.2, 0.25) is 0 Å². The van der Waals surface area contributed by atoms with E-state index in [-0.39, 0.29) is 0 Å². The Morgan fingerprint density at radius 1 is 1.24 bits per heavy atom. The Balaban J connectivity index is 2.20. The van der Waals surface area contributed by atoms with Crippen molar-refractivity contribution in [2.75, 3.05) is 6.54 Å². The molecule has 0 bridgehead atoms. The van der Waals surface area contributed by atoms with Gasteiger partial charge in [-0.15, -0.1) is 0 Å². The highest BCUT2D eigenvalue weighted by molar-refractivity contribution is 5.92. The first kappa shape index (κ1) is 16.8. The lowest BCUT2D eigenvalue weighted by Gasteiger charge is -2.12. The lowest BCUT2D eigenvalue weighted by atomic mass is 10.00. The fraction of sp³-hybridized carbons (Fsp3) is 0.222. The van der Waals surface area contributed by atoms with Crippen molar-refractivity contribution in [3.05, 3.63) is 51.4 Å². The fourth-order valence-corrected chi connectivity index (χ4v) is 3.05. The van der Waals surface area contributed by atoms with Crippen LogP contribution < -0.4 is 11.3 Å². The van der Waals surface area contributed by atoms with Crippen LogP contribution in [0.5, 0.6) is 5.75 Å². The molecule has 0 aliphatic heterocycles. The van der Waals surface area contributed by atoms with Crippen molar-refractivity contribution >= 4 is 16.9 Å². The first-order valence-electron chi connectivity index (χ1n) is 7.99. The van der Waals surface area contributed by atoms with Gasteiger partial charge in [-0.05, 0) is 36.9 Å². The molecule has 7 nitrogen and oxygen atoms in total. The minimum absolute atomic E-state index is 0.374. The van der Waals surface area contributed by atoms with E-state index in [0.717, 1.165) is 23.0 Å². The Labute approximate surface area is 143 Å². The Kier molecular flexibility index (Phi) is 4.33. The minimum atomic E-state index is -1.45. The Morgan fingerprint density at radius 3 is 2.64 bits per heavy atom. The summed E-state index contributed by atoms with van der Waals surface area (Å²) in [5, 5.41) is 20.4. The molecular formula is C18H19N3O4. The molecule has 0 saturated carbocycles. The van der Waals surface area contributed by atoms with Crippen LogP contribution in [0.25, 0.3) is 22.2 Å². The zero-order valence-electron chi connectivity index (χ0n) is 13.7. The second-order valence-corrected chi connectivity index (χ2v) is 5.83. The van der Waals surface area contributed by atoms with Gasteiger partial charge in [0, 0.05) is 22.3 Å². The number of nitrogens with one attached hydrogen (secondary N) is 2.